The van der Waals surface area contributed by atoms with E-state index >= 15 is 0 Å². The molecule has 0 radical (unpaired) electrons. The van der Waals surface area contributed by atoms with E-state index in [9.17, 15) is 9.59 Å². The van der Waals surface area contributed by atoms with E-state index in [0.29, 0.717) is 19.5 Å². The van der Waals surface area contributed by atoms with Crippen LogP contribution in [0.3, 0.4) is 0 Å². The van der Waals surface area contributed by atoms with Crippen LogP contribution < -0.4 is 11.1 Å². The second-order valence-corrected chi connectivity index (χ2v) is 4.24. The second kappa shape index (κ2) is 5.70. The number of hydrogen-bond donors (Lipinski definition) is 2. The van der Waals surface area contributed by atoms with Crippen LogP contribution in [0, 0.1) is 5.41 Å². The fraction of sp³-hybridized carbons (Fsp3) is 0.800. The molecule has 0 spiro atoms. The molecule has 0 aromatic carbocycles. The van der Waals surface area contributed by atoms with Crippen LogP contribution in [-0.4, -0.2) is 43.9 Å². The van der Waals surface area contributed by atoms with Gasteiger partial charge in [0, 0.05) is 33.6 Å². The molecule has 0 heterocycles. The third kappa shape index (κ3) is 4.29. The number of hydrogen-bond acceptors (Lipinski definition) is 3. The molecule has 3 N–H and O–H groups in total. The van der Waals surface area contributed by atoms with Crippen molar-refractivity contribution in [3.05, 3.63) is 0 Å². The Labute approximate surface area is 91.0 Å². The van der Waals surface area contributed by atoms with Crippen molar-refractivity contribution in [2.75, 3.05) is 27.2 Å². The lowest BCUT2D eigenvalue weighted by atomic mass is 9.92. The molecule has 0 aliphatic heterocycles. The van der Waals surface area contributed by atoms with Gasteiger partial charge in [-0.25, -0.2) is 0 Å². The van der Waals surface area contributed by atoms with Gasteiger partial charge in [-0.2, -0.15) is 0 Å². The number of carbonyl (C=O) groups is 2. The van der Waals surface area contributed by atoms with Crippen LogP contribution in [-0.2, 0) is 9.59 Å². The van der Waals surface area contributed by atoms with Crippen molar-refractivity contribution >= 4 is 11.8 Å². The van der Waals surface area contributed by atoms with E-state index in [-0.39, 0.29) is 11.8 Å². The summed E-state index contributed by atoms with van der Waals surface area (Å²) in [7, 11) is 3.26. The summed E-state index contributed by atoms with van der Waals surface area (Å²) in [5.74, 6) is -0.103. The first-order valence-electron chi connectivity index (χ1n) is 5.01. The summed E-state index contributed by atoms with van der Waals surface area (Å²) in [6.07, 6.45) is 0.319. The zero-order valence-corrected chi connectivity index (χ0v) is 9.96. The minimum atomic E-state index is -0.558. The average Bonchev–Trinajstić information content (AvgIpc) is 2.23. The molecule has 2 amide bonds. The van der Waals surface area contributed by atoms with E-state index in [0.717, 1.165) is 0 Å². The molecule has 0 saturated heterocycles. The van der Waals surface area contributed by atoms with Gasteiger partial charge in [-0.1, -0.05) is 0 Å². The Bertz CT molecular complexity index is 239. The lowest BCUT2D eigenvalue weighted by molar-refractivity contribution is -0.138. The summed E-state index contributed by atoms with van der Waals surface area (Å²) >= 11 is 0. The Morgan fingerprint density at radius 2 is 1.93 bits per heavy atom. The molecule has 0 aliphatic carbocycles. The van der Waals surface area contributed by atoms with E-state index in [4.69, 9.17) is 5.73 Å². The van der Waals surface area contributed by atoms with Crippen LogP contribution in [0.4, 0.5) is 0 Å². The van der Waals surface area contributed by atoms with Crippen LogP contribution in [0.1, 0.15) is 20.3 Å². The molecule has 5 nitrogen and oxygen atoms in total. The molecule has 15 heavy (non-hydrogen) atoms. The molecule has 88 valence electrons. The van der Waals surface area contributed by atoms with Crippen LogP contribution in [0.2, 0.25) is 0 Å². The predicted molar refractivity (Wildman–Crippen MR) is 59.2 cm³/mol. The van der Waals surface area contributed by atoms with Crippen LogP contribution in [0.15, 0.2) is 0 Å². The van der Waals surface area contributed by atoms with E-state index in [1.54, 1.807) is 32.8 Å². The Morgan fingerprint density at radius 3 is 2.33 bits per heavy atom. The fourth-order valence-corrected chi connectivity index (χ4v) is 1.10. The maximum absolute atomic E-state index is 11.8. The fourth-order valence-electron chi connectivity index (χ4n) is 1.10. The first-order chi connectivity index (χ1) is 6.85. The van der Waals surface area contributed by atoms with Gasteiger partial charge < -0.3 is 16.0 Å². The molecule has 0 aromatic heterocycles. The summed E-state index contributed by atoms with van der Waals surface area (Å²) in [4.78, 5) is 24.3. The maximum Gasteiger partial charge on any atom is 0.229 e. The lowest BCUT2D eigenvalue weighted by Crippen LogP contribution is -2.43. The summed E-state index contributed by atoms with van der Waals surface area (Å²) in [5.41, 5.74) is 4.94. The van der Waals surface area contributed by atoms with Gasteiger partial charge in [-0.05, 0) is 13.8 Å². The van der Waals surface area contributed by atoms with E-state index in [1.807, 2.05) is 0 Å². The van der Waals surface area contributed by atoms with Gasteiger partial charge in [0.05, 0.1) is 5.41 Å². The molecule has 0 atom stereocenters. The summed E-state index contributed by atoms with van der Waals surface area (Å²) in [6.45, 7) is 4.32. The highest BCUT2D eigenvalue weighted by Crippen LogP contribution is 2.15. The molecular weight excluding hydrogens is 194 g/mol. The van der Waals surface area contributed by atoms with Crippen molar-refractivity contribution in [2.24, 2.45) is 11.1 Å². The van der Waals surface area contributed by atoms with Gasteiger partial charge in [-0.3, -0.25) is 9.59 Å². The van der Waals surface area contributed by atoms with Gasteiger partial charge in [0.2, 0.25) is 11.8 Å². The molecule has 5 heteroatoms. The third-order valence-electron chi connectivity index (χ3n) is 2.39. The number of nitrogens with zero attached hydrogens (tertiary/aromatic N) is 1. The zero-order valence-electron chi connectivity index (χ0n) is 9.96. The van der Waals surface area contributed by atoms with Crippen molar-refractivity contribution in [1.82, 2.24) is 10.2 Å². The molecular formula is C10H21N3O2. The minimum absolute atomic E-state index is 0.0334. The number of nitrogens with two attached hydrogens (primary N) is 1. The van der Waals surface area contributed by atoms with Crippen molar-refractivity contribution in [1.29, 1.82) is 0 Å². The second-order valence-electron chi connectivity index (χ2n) is 4.24. The van der Waals surface area contributed by atoms with Crippen LogP contribution in [0.25, 0.3) is 0 Å². The lowest BCUT2D eigenvalue weighted by Gasteiger charge is -2.27. The summed E-state index contributed by atoms with van der Waals surface area (Å²) < 4.78 is 0. The van der Waals surface area contributed by atoms with Crippen LogP contribution in [0.5, 0.6) is 0 Å². The molecule has 0 saturated carbocycles. The highest BCUT2D eigenvalue weighted by molar-refractivity contribution is 5.83. The van der Waals surface area contributed by atoms with Crippen molar-refractivity contribution < 1.29 is 9.59 Å². The SMILES string of the molecule is CNC(=O)CCN(C)C(=O)C(C)(C)CN. The molecule has 0 bridgehead atoms. The van der Waals surface area contributed by atoms with E-state index < -0.39 is 5.41 Å². The third-order valence-corrected chi connectivity index (χ3v) is 2.39. The van der Waals surface area contributed by atoms with Gasteiger partial charge >= 0.3 is 0 Å². The summed E-state index contributed by atoms with van der Waals surface area (Å²) in [6, 6.07) is 0. The first-order valence-corrected chi connectivity index (χ1v) is 5.01. The number of amides is 2. The minimum Gasteiger partial charge on any atom is -0.359 e. The standard InChI is InChI=1S/C10H21N3O2/c1-10(2,7-11)9(15)13(4)6-5-8(14)12-3/h5-7,11H2,1-4H3,(H,12,14). The van der Waals surface area contributed by atoms with E-state index in [2.05, 4.69) is 5.32 Å². The molecule has 0 unspecified atom stereocenters. The predicted octanol–water partition coefficient (Wildman–Crippen LogP) is -0.434. The van der Waals surface area contributed by atoms with Gasteiger partial charge in [0.15, 0.2) is 0 Å². The normalized spacial score (nSPS) is 11.0. The molecule has 0 aliphatic rings. The Balaban J connectivity index is 4.16. The van der Waals surface area contributed by atoms with Crippen molar-refractivity contribution in [3.8, 4) is 0 Å². The smallest absolute Gasteiger partial charge is 0.229 e. The highest BCUT2D eigenvalue weighted by atomic mass is 16.2. The van der Waals surface area contributed by atoms with Crippen LogP contribution >= 0.6 is 0 Å². The number of rotatable bonds is 5. The quantitative estimate of drug-likeness (QED) is 0.653. The monoisotopic (exact) mass is 215 g/mol. The van der Waals surface area contributed by atoms with Crippen molar-refractivity contribution in [3.63, 3.8) is 0 Å². The zero-order chi connectivity index (χ0) is 12.1. The first kappa shape index (κ1) is 13.9. The maximum atomic E-state index is 11.8. The van der Waals surface area contributed by atoms with Crippen molar-refractivity contribution in [2.45, 2.75) is 20.3 Å². The molecule has 0 aromatic rings. The number of carbonyl (C=O) groups excluding carboxylic acids is 2. The highest BCUT2D eigenvalue weighted by Gasteiger charge is 2.28. The van der Waals surface area contributed by atoms with E-state index in [1.165, 1.54) is 0 Å². The Hall–Kier alpha value is -1.10. The largest absolute Gasteiger partial charge is 0.359 e. The van der Waals surface area contributed by atoms with Gasteiger partial charge in [0.25, 0.3) is 0 Å². The van der Waals surface area contributed by atoms with Gasteiger partial charge in [0.1, 0.15) is 0 Å². The topological polar surface area (TPSA) is 75.4 Å². The average molecular weight is 215 g/mol. The molecule has 0 rings (SSSR count). The Morgan fingerprint density at radius 1 is 1.40 bits per heavy atom. The molecule has 0 fully saturated rings. The summed E-state index contributed by atoms with van der Waals surface area (Å²) in [5, 5.41) is 2.51. The number of nitrogens with one attached hydrogen (secondary N) is 1. The Kier molecular flexibility index (Phi) is 5.28. The van der Waals surface area contributed by atoms with Gasteiger partial charge in [-0.15, -0.1) is 0 Å².